The summed E-state index contributed by atoms with van der Waals surface area (Å²) in [5.74, 6) is 11.2. The van der Waals surface area contributed by atoms with Gasteiger partial charge in [0.05, 0.1) is 11.4 Å². The molecule has 4 heteroatoms. The normalized spacial score (nSPS) is 11.7. The van der Waals surface area contributed by atoms with Gasteiger partial charge in [0, 0.05) is 12.8 Å². The highest BCUT2D eigenvalue weighted by Gasteiger charge is 2.31. The Kier molecular flexibility index (Phi) is 7.91. The molecule has 28 heavy (non-hydrogen) atoms. The fourth-order valence-corrected chi connectivity index (χ4v) is 4.10. The number of terminal acetylenes is 2. The number of nitrogens with zero attached hydrogens (tertiary/aromatic N) is 1. The van der Waals surface area contributed by atoms with Crippen molar-refractivity contribution < 1.29 is 8.42 Å². The van der Waals surface area contributed by atoms with Gasteiger partial charge in [-0.05, 0) is 31.0 Å². The number of benzene rings is 2. The highest BCUT2D eigenvalue weighted by atomic mass is 32.2. The zero-order valence-electron chi connectivity index (χ0n) is 15.9. The Labute approximate surface area is 168 Å². The molecule has 0 fully saturated rings. The Bertz CT molecular complexity index is 1010. The van der Waals surface area contributed by atoms with Gasteiger partial charge < -0.3 is 0 Å². The minimum absolute atomic E-state index is 0.0746. The molecule has 0 radical (unpaired) electrons. The van der Waals surface area contributed by atoms with Gasteiger partial charge >= 0.3 is 0 Å². The minimum Gasteiger partial charge on any atom is -0.207 e. The first kappa shape index (κ1) is 21.3. The SMILES string of the molecule is C#CCCCC#CC(c1ccccc1)N(CC#C)S(=O)(=O)c1ccc(C)cc1. The zero-order valence-corrected chi connectivity index (χ0v) is 16.7. The molecular formula is C24H23NO2S. The van der Waals surface area contributed by atoms with E-state index in [0.717, 1.165) is 17.5 Å². The van der Waals surface area contributed by atoms with Crippen LogP contribution in [0.5, 0.6) is 0 Å². The number of unbranched alkanes of at least 4 members (excludes halogenated alkanes) is 2. The summed E-state index contributed by atoms with van der Waals surface area (Å²) in [7, 11) is -3.82. The minimum atomic E-state index is -3.82. The van der Waals surface area contributed by atoms with Crippen molar-refractivity contribution in [1.29, 1.82) is 0 Å². The van der Waals surface area contributed by atoms with E-state index in [9.17, 15) is 8.42 Å². The third kappa shape index (κ3) is 5.51. The summed E-state index contributed by atoms with van der Waals surface area (Å²) in [5.41, 5.74) is 1.76. The highest BCUT2D eigenvalue weighted by Crippen LogP contribution is 2.27. The van der Waals surface area contributed by atoms with Gasteiger partial charge in [0.25, 0.3) is 0 Å². The van der Waals surface area contributed by atoms with Gasteiger partial charge in [0.15, 0.2) is 0 Å². The summed E-state index contributed by atoms with van der Waals surface area (Å²) in [6.45, 7) is 1.83. The van der Waals surface area contributed by atoms with Crippen LogP contribution in [0.25, 0.3) is 0 Å². The van der Waals surface area contributed by atoms with Crippen LogP contribution in [0.1, 0.15) is 36.4 Å². The predicted octanol–water partition coefficient (Wildman–Crippen LogP) is 4.17. The van der Waals surface area contributed by atoms with E-state index >= 15 is 0 Å². The van der Waals surface area contributed by atoms with Crippen molar-refractivity contribution in [2.45, 2.75) is 37.1 Å². The van der Waals surface area contributed by atoms with Gasteiger partial charge in [-0.2, -0.15) is 4.31 Å². The molecule has 3 nitrogen and oxygen atoms in total. The maximum absolute atomic E-state index is 13.3. The lowest BCUT2D eigenvalue weighted by atomic mass is 10.1. The molecule has 0 aliphatic heterocycles. The highest BCUT2D eigenvalue weighted by molar-refractivity contribution is 7.89. The Morgan fingerprint density at radius 2 is 1.64 bits per heavy atom. The summed E-state index contributed by atoms with van der Waals surface area (Å²) in [4.78, 5) is 0.198. The number of hydrogen-bond donors (Lipinski definition) is 0. The van der Waals surface area contributed by atoms with Crippen molar-refractivity contribution in [3.63, 3.8) is 0 Å². The second kappa shape index (κ2) is 10.4. The van der Waals surface area contributed by atoms with Crippen molar-refractivity contribution in [2.75, 3.05) is 6.54 Å². The molecular weight excluding hydrogens is 366 g/mol. The molecule has 1 unspecified atom stereocenters. The maximum Gasteiger partial charge on any atom is 0.245 e. The predicted molar refractivity (Wildman–Crippen MR) is 114 cm³/mol. The second-order valence-electron chi connectivity index (χ2n) is 6.26. The first-order chi connectivity index (χ1) is 13.5. The average Bonchev–Trinajstić information content (AvgIpc) is 2.70. The first-order valence-corrected chi connectivity index (χ1v) is 10.4. The van der Waals surface area contributed by atoms with Crippen molar-refractivity contribution in [3.8, 4) is 36.5 Å². The number of aryl methyl sites for hydroxylation is 1. The van der Waals surface area contributed by atoms with Crippen LogP contribution in [0.15, 0.2) is 59.5 Å². The van der Waals surface area contributed by atoms with E-state index in [1.54, 1.807) is 24.3 Å². The summed E-state index contributed by atoms with van der Waals surface area (Å²) in [5, 5.41) is 0. The third-order valence-electron chi connectivity index (χ3n) is 4.14. The van der Waals surface area contributed by atoms with Crippen molar-refractivity contribution in [3.05, 3.63) is 65.7 Å². The van der Waals surface area contributed by atoms with Crippen LogP contribution in [0.3, 0.4) is 0 Å². The quantitative estimate of drug-likeness (QED) is 0.527. The Morgan fingerprint density at radius 3 is 2.25 bits per heavy atom. The van der Waals surface area contributed by atoms with Crippen molar-refractivity contribution in [1.82, 2.24) is 4.31 Å². The fourth-order valence-electron chi connectivity index (χ4n) is 2.66. The van der Waals surface area contributed by atoms with Gasteiger partial charge in [0.2, 0.25) is 10.0 Å². The summed E-state index contributed by atoms with van der Waals surface area (Å²) < 4.78 is 27.9. The molecule has 0 N–H and O–H groups in total. The molecule has 0 spiro atoms. The van der Waals surface area contributed by atoms with Crippen LogP contribution in [0.2, 0.25) is 0 Å². The molecule has 0 aliphatic carbocycles. The molecule has 0 saturated heterocycles. The number of rotatable bonds is 7. The van der Waals surface area contributed by atoms with E-state index < -0.39 is 16.1 Å². The van der Waals surface area contributed by atoms with E-state index in [-0.39, 0.29) is 11.4 Å². The molecule has 2 aromatic carbocycles. The van der Waals surface area contributed by atoms with Gasteiger partial charge in [-0.3, -0.25) is 0 Å². The molecule has 0 aromatic heterocycles. The fraction of sp³-hybridized carbons (Fsp3) is 0.250. The van der Waals surface area contributed by atoms with Crippen LogP contribution in [-0.2, 0) is 10.0 Å². The van der Waals surface area contributed by atoms with Crippen LogP contribution >= 0.6 is 0 Å². The van der Waals surface area contributed by atoms with Gasteiger partial charge in [-0.25, -0.2) is 8.42 Å². The topological polar surface area (TPSA) is 37.4 Å². The lowest BCUT2D eigenvalue weighted by molar-refractivity contribution is 0.410. The Morgan fingerprint density at radius 1 is 0.964 bits per heavy atom. The van der Waals surface area contributed by atoms with E-state index in [4.69, 9.17) is 12.8 Å². The smallest absolute Gasteiger partial charge is 0.207 e. The lowest BCUT2D eigenvalue weighted by Crippen LogP contribution is -2.34. The molecule has 2 rings (SSSR count). The average molecular weight is 390 g/mol. The Balaban J connectivity index is 2.47. The van der Waals surface area contributed by atoms with Crippen molar-refractivity contribution >= 4 is 10.0 Å². The van der Waals surface area contributed by atoms with E-state index in [1.807, 2.05) is 37.3 Å². The third-order valence-corrected chi connectivity index (χ3v) is 5.96. The first-order valence-electron chi connectivity index (χ1n) is 8.99. The van der Waals surface area contributed by atoms with E-state index in [0.29, 0.717) is 12.8 Å². The van der Waals surface area contributed by atoms with Crippen LogP contribution in [0, 0.1) is 43.5 Å². The molecule has 0 aliphatic rings. The number of sulfonamides is 1. The van der Waals surface area contributed by atoms with E-state index in [2.05, 4.69) is 23.7 Å². The monoisotopic (exact) mass is 389 g/mol. The van der Waals surface area contributed by atoms with Crippen LogP contribution < -0.4 is 0 Å². The number of hydrogen-bond acceptors (Lipinski definition) is 2. The Hall–Kier alpha value is -2.97. The second-order valence-corrected chi connectivity index (χ2v) is 8.15. The lowest BCUT2D eigenvalue weighted by Gasteiger charge is -2.26. The van der Waals surface area contributed by atoms with Crippen molar-refractivity contribution in [2.24, 2.45) is 0 Å². The molecule has 0 saturated carbocycles. The van der Waals surface area contributed by atoms with Gasteiger partial charge in [0.1, 0.15) is 6.04 Å². The molecule has 2 aromatic rings. The van der Waals surface area contributed by atoms with Crippen LogP contribution in [0.4, 0.5) is 0 Å². The van der Waals surface area contributed by atoms with Crippen LogP contribution in [-0.4, -0.2) is 19.3 Å². The molecule has 142 valence electrons. The zero-order chi connectivity index (χ0) is 20.4. The molecule has 0 amide bonds. The summed E-state index contributed by atoms with van der Waals surface area (Å²) in [6, 6.07) is 15.4. The molecule has 0 heterocycles. The van der Waals surface area contributed by atoms with Gasteiger partial charge in [-0.1, -0.05) is 59.9 Å². The summed E-state index contributed by atoms with van der Waals surface area (Å²) in [6.07, 6.45) is 12.8. The molecule has 0 bridgehead atoms. The molecule has 1 atom stereocenters. The van der Waals surface area contributed by atoms with E-state index in [1.165, 1.54) is 4.31 Å². The van der Waals surface area contributed by atoms with Gasteiger partial charge in [-0.15, -0.1) is 24.7 Å². The largest absolute Gasteiger partial charge is 0.245 e. The summed E-state index contributed by atoms with van der Waals surface area (Å²) >= 11 is 0. The maximum atomic E-state index is 13.3. The standard InChI is InChI=1S/C24H23NO2S/c1-4-6-7-8-12-15-24(22-13-10-9-11-14-22)25(20-5-2)28(26,27)23-18-16-21(3)17-19-23/h1-2,9-11,13-14,16-19,24H,6-8,20H2,3H3.